The summed E-state index contributed by atoms with van der Waals surface area (Å²) in [4.78, 5) is 0. The van der Waals surface area contributed by atoms with E-state index >= 15 is 0 Å². The Morgan fingerprint density at radius 1 is 0.923 bits per heavy atom. The van der Waals surface area contributed by atoms with Gasteiger partial charge in [-0.2, -0.15) is 6.92 Å². The van der Waals surface area contributed by atoms with Gasteiger partial charge in [-0.1, -0.05) is 34.1 Å². The summed E-state index contributed by atoms with van der Waals surface area (Å²) in [6.07, 6.45) is 1.27. The maximum absolute atomic E-state index is 3.25. The first-order valence-corrected chi connectivity index (χ1v) is 3.27. The first-order chi connectivity index (χ1) is 3.56. The molecule has 0 spiro atoms. The molecule has 0 atom stereocenters. The quantitative estimate of drug-likeness (QED) is 0.525. The maximum atomic E-state index is 3.25. The summed E-state index contributed by atoms with van der Waals surface area (Å²) >= 11 is 0. The SMILES string of the molecule is CCC(C)(C)C.[CH2-]C.[CH3-].[CH3-].[CH3-].[V].[W]. The van der Waals surface area contributed by atoms with Gasteiger partial charge in [-0.05, 0) is 5.41 Å². The Bertz CT molecular complexity index is 39.8. The van der Waals surface area contributed by atoms with Gasteiger partial charge < -0.3 is 29.2 Å². The van der Waals surface area contributed by atoms with E-state index in [1.54, 1.807) is 6.92 Å². The van der Waals surface area contributed by atoms with Crippen LogP contribution in [0.3, 0.4) is 0 Å². The molecule has 0 aliphatic rings. The van der Waals surface area contributed by atoms with E-state index in [1.807, 2.05) is 0 Å². The predicted molar refractivity (Wildman–Crippen MR) is 60.0 cm³/mol. The van der Waals surface area contributed by atoms with Gasteiger partial charge in [-0.15, -0.1) is 0 Å². The van der Waals surface area contributed by atoms with Crippen molar-refractivity contribution in [3.05, 3.63) is 29.2 Å². The smallest absolute Gasteiger partial charge is 0 e. The van der Waals surface area contributed by atoms with Gasteiger partial charge in [0.05, 0.1) is 0 Å². The van der Waals surface area contributed by atoms with E-state index in [4.69, 9.17) is 0 Å². The Hall–Kier alpha value is 1.27. The molecular formula is C11H28VW-4. The average Bonchev–Trinajstić information content (AvgIpc) is 1.71. The average molecular weight is 395 g/mol. The Morgan fingerprint density at radius 2 is 1.00 bits per heavy atom. The second-order valence-electron chi connectivity index (χ2n) is 2.91. The van der Waals surface area contributed by atoms with Crippen molar-refractivity contribution in [3.63, 3.8) is 0 Å². The standard InChI is InChI=1S/C6H14.C2H5.3CH3.V.W/c1-5-6(2,3)4;1-2;;;;;/h5H2,1-4H3;1H2,2H3;3*1H3;;/q;4*-1;;. The minimum Gasteiger partial charge on any atom is -0.358 e. The summed E-state index contributed by atoms with van der Waals surface area (Å²) in [5.74, 6) is 0. The molecule has 0 saturated heterocycles. The van der Waals surface area contributed by atoms with Gasteiger partial charge in [-0.25, -0.2) is 0 Å². The summed E-state index contributed by atoms with van der Waals surface area (Å²) in [5, 5.41) is 0. The van der Waals surface area contributed by atoms with Crippen LogP contribution < -0.4 is 0 Å². The van der Waals surface area contributed by atoms with Gasteiger partial charge in [-0.3, -0.25) is 0 Å². The molecule has 0 amide bonds. The summed E-state index contributed by atoms with van der Waals surface area (Å²) in [6, 6.07) is 0. The molecule has 0 aromatic heterocycles. The normalized spacial score (nSPS) is 6.00. The van der Waals surface area contributed by atoms with Crippen molar-refractivity contribution in [3.8, 4) is 0 Å². The van der Waals surface area contributed by atoms with Gasteiger partial charge in [0.25, 0.3) is 0 Å². The third-order valence-corrected chi connectivity index (χ3v) is 1.06. The van der Waals surface area contributed by atoms with Gasteiger partial charge in [0.2, 0.25) is 0 Å². The minimum absolute atomic E-state index is 0. The molecule has 0 unspecified atom stereocenters. The van der Waals surface area contributed by atoms with Crippen molar-refractivity contribution in [2.75, 3.05) is 0 Å². The molecule has 0 rings (SSSR count). The monoisotopic (exact) mass is 395 g/mol. The van der Waals surface area contributed by atoms with Crippen molar-refractivity contribution >= 4 is 0 Å². The largest absolute Gasteiger partial charge is 0.358 e. The van der Waals surface area contributed by atoms with Crippen molar-refractivity contribution in [2.45, 2.75) is 41.0 Å². The number of hydrogen-bond donors (Lipinski definition) is 0. The van der Waals surface area contributed by atoms with Gasteiger partial charge in [0, 0.05) is 39.6 Å². The molecule has 0 saturated carbocycles. The fraction of sp³-hybridized carbons (Fsp3) is 0.636. The van der Waals surface area contributed by atoms with E-state index < -0.39 is 0 Å². The molecule has 0 aromatic carbocycles. The van der Waals surface area contributed by atoms with Crippen LogP contribution in [0, 0.1) is 34.6 Å². The maximum Gasteiger partial charge on any atom is 0 e. The van der Waals surface area contributed by atoms with Gasteiger partial charge in [0.15, 0.2) is 0 Å². The Labute approximate surface area is 115 Å². The Kier molecular flexibility index (Phi) is 107. The summed E-state index contributed by atoms with van der Waals surface area (Å²) < 4.78 is 0. The number of hydrogen-bond acceptors (Lipinski definition) is 0. The molecular weight excluding hydrogens is 367 g/mol. The molecule has 0 fully saturated rings. The molecule has 0 aliphatic carbocycles. The van der Waals surface area contributed by atoms with Crippen LogP contribution in [0.1, 0.15) is 41.0 Å². The van der Waals surface area contributed by atoms with Crippen LogP contribution in [-0.4, -0.2) is 0 Å². The van der Waals surface area contributed by atoms with E-state index in [0.29, 0.717) is 5.41 Å². The van der Waals surface area contributed by atoms with Crippen molar-refractivity contribution < 1.29 is 39.6 Å². The predicted octanol–water partition coefficient (Wildman–Crippen LogP) is 4.63. The first kappa shape index (κ1) is 47.5. The van der Waals surface area contributed by atoms with Crippen LogP contribution in [0.4, 0.5) is 0 Å². The van der Waals surface area contributed by atoms with E-state index in [9.17, 15) is 0 Å². The zero-order valence-corrected chi connectivity index (χ0v) is 15.1. The Morgan fingerprint density at radius 3 is 1.00 bits per heavy atom. The molecule has 0 nitrogen and oxygen atoms in total. The van der Waals surface area contributed by atoms with Crippen LogP contribution >= 0.6 is 0 Å². The third-order valence-electron chi connectivity index (χ3n) is 1.06. The van der Waals surface area contributed by atoms with E-state index in [0.717, 1.165) is 0 Å². The molecule has 0 heterocycles. The molecule has 0 bridgehead atoms. The zero-order chi connectivity index (χ0) is 7.21. The second kappa shape index (κ2) is 29.2. The topological polar surface area (TPSA) is 0 Å². The Balaban J connectivity index is -0.00000000966. The molecule has 87 valence electrons. The van der Waals surface area contributed by atoms with Gasteiger partial charge >= 0.3 is 0 Å². The van der Waals surface area contributed by atoms with E-state index in [1.165, 1.54) is 6.42 Å². The van der Waals surface area contributed by atoms with Gasteiger partial charge in [0.1, 0.15) is 0 Å². The van der Waals surface area contributed by atoms with Crippen molar-refractivity contribution in [1.29, 1.82) is 0 Å². The van der Waals surface area contributed by atoms with Crippen LogP contribution in [0.15, 0.2) is 0 Å². The van der Waals surface area contributed by atoms with Crippen LogP contribution in [0.25, 0.3) is 0 Å². The second-order valence-corrected chi connectivity index (χ2v) is 2.91. The van der Waals surface area contributed by atoms with Crippen molar-refractivity contribution in [1.82, 2.24) is 0 Å². The van der Waals surface area contributed by atoms with Crippen LogP contribution in [0.2, 0.25) is 0 Å². The third kappa shape index (κ3) is 92.4. The van der Waals surface area contributed by atoms with E-state index in [-0.39, 0.29) is 61.9 Å². The number of rotatable bonds is 0. The fourth-order valence-electron chi connectivity index (χ4n) is 0. The van der Waals surface area contributed by atoms with Crippen LogP contribution in [0.5, 0.6) is 0 Å². The zero-order valence-electron chi connectivity index (χ0n) is 10.8. The molecule has 0 aliphatic heterocycles. The summed E-state index contributed by atoms with van der Waals surface area (Å²) in [7, 11) is 0. The molecule has 0 aromatic rings. The molecule has 13 heavy (non-hydrogen) atoms. The minimum atomic E-state index is 0. The summed E-state index contributed by atoms with van der Waals surface area (Å²) in [5.41, 5.74) is 0.542. The van der Waals surface area contributed by atoms with Crippen molar-refractivity contribution in [2.24, 2.45) is 5.41 Å². The van der Waals surface area contributed by atoms with Crippen LogP contribution in [-0.2, 0) is 39.6 Å². The summed E-state index contributed by atoms with van der Waals surface area (Å²) in [6.45, 7) is 13.9. The fourth-order valence-corrected chi connectivity index (χ4v) is 0. The van der Waals surface area contributed by atoms with E-state index in [2.05, 4.69) is 34.6 Å². The molecule has 0 N–H and O–H groups in total. The molecule has 1 radical (unpaired) electrons. The molecule has 2 heteroatoms. The first-order valence-electron chi connectivity index (χ1n) is 3.27.